The number of halogens is 3. The quantitative estimate of drug-likeness (QED) is 0.277. The lowest BCUT2D eigenvalue weighted by atomic mass is 10.1. The molecule has 112 valence electrons. The first kappa shape index (κ1) is 16.1. The molecule has 0 amide bonds. The number of benzene rings is 1. The molecule has 0 spiro atoms. The van der Waals surface area contributed by atoms with Gasteiger partial charge in [0.15, 0.2) is 5.84 Å². The molecule has 0 saturated heterocycles. The molecule has 0 aliphatic carbocycles. The molecule has 0 fully saturated rings. The van der Waals surface area contributed by atoms with E-state index in [-0.39, 0.29) is 12.4 Å². The second-order valence-corrected chi connectivity index (χ2v) is 3.89. The van der Waals surface area contributed by atoms with Gasteiger partial charge in [-0.15, -0.1) is 0 Å². The van der Waals surface area contributed by atoms with Crippen molar-refractivity contribution in [1.82, 2.24) is 0 Å². The van der Waals surface area contributed by atoms with Gasteiger partial charge < -0.3 is 20.4 Å². The topological polar surface area (TPSA) is 77.1 Å². The van der Waals surface area contributed by atoms with E-state index in [1.807, 2.05) is 0 Å². The lowest BCUT2D eigenvalue weighted by molar-refractivity contribution is -0.137. The van der Waals surface area contributed by atoms with Gasteiger partial charge in [0.25, 0.3) is 0 Å². The summed E-state index contributed by atoms with van der Waals surface area (Å²) in [7, 11) is 1.54. The van der Waals surface area contributed by atoms with Crippen LogP contribution in [0.2, 0.25) is 0 Å². The molecule has 0 radical (unpaired) electrons. The molecule has 0 saturated carbocycles. The molecule has 5 nitrogen and oxygen atoms in total. The Morgan fingerprint density at radius 1 is 1.35 bits per heavy atom. The van der Waals surface area contributed by atoms with Gasteiger partial charge in [-0.05, 0) is 18.2 Å². The average Bonchev–Trinajstić information content (AvgIpc) is 2.41. The molecule has 1 aromatic rings. The number of hydrogen-bond donors (Lipinski definition) is 2. The lowest BCUT2D eigenvalue weighted by Crippen LogP contribution is -2.20. The zero-order chi connectivity index (χ0) is 15.2. The number of amidine groups is 1. The number of rotatable bonds is 6. The number of nitrogens with zero attached hydrogens (tertiary/aromatic N) is 1. The number of alkyl halides is 3. The van der Waals surface area contributed by atoms with Crippen LogP contribution in [-0.4, -0.2) is 31.4 Å². The van der Waals surface area contributed by atoms with Crippen molar-refractivity contribution < 1.29 is 27.9 Å². The number of methoxy groups -OCH3 is 1. The summed E-state index contributed by atoms with van der Waals surface area (Å²) < 4.78 is 48.4. The smallest absolute Gasteiger partial charge is 0.417 e. The van der Waals surface area contributed by atoms with Gasteiger partial charge in [-0.3, -0.25) is 0 Å². The summed E-state index contributed by atoms with van der Waals surface area (Å²) in [5, 5.41) is 11.2. The van der Waals surface area contributed by atoms with Crippen molar-refractivity contribution in [1.29, 1.82) is 0 Å². The molecule has 20 heavy (non-hydrogen) atoms. The van der Waals surface area contributed by atoms with E-state index in [4.69, 9.17) is 20.4 Å². The summed E-state index contributed by atoms with van der Waals surface area (Å²) in [5.41, 5.74) is 3.85. The second kappa shape index (κ2) is 6.99. The molecule has 0 heterocycles. The summed E-state index contributed by atoms with van der Waals surface area (Å²) in [6.07, 6.45) is -4.00. The van der Waals surface area contributed by atoms with Crippen molar-refractivity contribution >= 4 is 5.84 Å². The van der Waals surface area contributed by atoms with Crippen LogP contribution in [0.25, 0.3) is 0 Å². The number of ether oxygens (including phenoxy) is 2. The normalized spacial score (nSPS) is 12.5. The van der Waals surface area contributed by atoms with Crippen molar-refractivity contribution in [2.24, 2.45) is 10.9 Å². The highest BCUT2D eigenvalue weighted by Gasteiger charge is 2.34. The molecule has 0 aromatic heterocycles. The molecular weight excluding hydrogens is 277 g/mol. The molecule has 8 heteroatoms. The predicted molar refractivity (Wildman–Crippen MR) is 65.9 cm³/mol. The monoisotopic (exact) mass is 292 g/mol. The van der Waals surface area contributed by atoms with E-state index in [9.17, 15) is 13.2 Å². The molecule has 0 unspecified atom stereocenters. The van der Waals surface area contributed by atoms with Crippen LogP contribution in [0.4, 0.5) is 13.2 Å². The Hall–Kier alpha value is -1.96. The minimum Gasteiger partial charge on any atom is -0.493 e. The van der Waals surface area contributed by atoms with Crippen molar-refractivity contribution in [3.63, 3.8) is 0 Å². The van der Waals surface area contributed by atoms with E-state index in [0.29, 0.717) is 13.0 Å². The van der Waals surface area contributed by atoms with Crippen molar-refractivity contribution in [2.45, 2.75) is 12.6 Å². The van der Waals surface area contributed by atoms with Gasteiger partial charge in [-0.2, -0.15) is 13.2 Å². The van der Waals surface area contributed by atoms with Crippen molar-refractivity contribution in [2.75, 3.05) is 20.3 Å². The van der Waals surface area contributed by atoms with Gasteiger partial charge >= 0.3 is 6.18 Å². The Balaban J connectivity index is 2.97. The molecular formula is C12H15F3N2O3. The summed E-state index contributed by atoms with van der Waals surface area (Å²) in [4.78, 5) is 0. The van der Waals surface area contributed by atoms with E-state index >= 15 is 0 Å². The number of hydrogen-bond acceptors (Lipinski definition) is 4. The number of nitrogens with two attached hydrogens (primary N) is 1. The molecule has 0 aliphatic heterocycles. The Labute approximate surface area is 113 Å². The van der Waals surface area contributed by atoms with Crippen LogP contribution < -0.4 is 10.5 Å². The van der Waals surface area contributed by atoms with E-state index in [0.717, 1.165) is 12.1 Å². The van der Waals surface area contributed by atoms with Crippen LogP contribution >= 0.6 is 0 Å². The third-order valence-electron chi connectivity index (χ3n) is 2.44. The van der Waals surface area contributed by atoms with Gasteiger partial charge in [0, 0.05) is 25.7 Å². The maximum Gasteiger partial charge on any atom is 0.417 e. The fourth-order valence-corrected chi connectivity index (χ4v) is 1.52. The number of oxime groups is 1. The molecule has 0 bridgehead atoms. The van der Waals surface area contributed by atoms with Crippen molar-refractivity contribution in [3.05, 3.63) is 29.3 Å². The first-order valence-corrected chi connectivity index (χ1v) is 5.71. The van der Waals surface area contributed by atoms with Gasteiger partial charge in [-0.1, -0.05) is 5.16 Å². The minimum absolute atomic E-state index is 0.204. The Morgan fingerprint density at radius 3 is 2.60 bits per heavy atom. The van der Waals surface area contributed by atoms with Crippen LogP contribution in [0.1, 0.15) is 17.5 Å². The molecule has 0 atom stereocenters. The molecule has 1 aromatic carbocycles. The fourth-order valence-electron chi connectivity index (χ4n) is 1.52. The Morgan fingerprint density at radius 2 is 2.05 bits per heavy atom. The highest BCUT2D eigenvalue weighted by molar-refractivity contribution is 5.99. The van der Waals surface area contributed by atoms with Crippen LogP contribution in [0.5, 0.6) is 5.75 Å². The largest absolute Gasteiger partial charge is 0.493 e. The third kappa shape index (κ3) is 4.30. The standard InChI is InChI=1S/C12H15F3N2O3/c1-19-5-2-6-20-8-3-4-10(12(13,14)15)9(7-8)11(16)17-18/h3-4,7,18H,2,5-6H2,1H3,(H2,16,17). The van der Waals surface area contributed by atoms with Gasteiger partial charge in [0.2, 0.25) is 0 Å². The van der Waals surface area contributed by atoms with Gasteiger partial charge in [0.05, 0.1) is 12.2 Å². The van der Waals surface area contributed by atoms with E-state index in [2.05, 4.69) is 5.16 Å². The summed E-state index contributed by atoms with van der Waals surface area (Å²) in [6, 6.07) is 3.10. The maximum atomic E-state index is 12.8. The lowest BCUT2D eigenvalue weighted by Gasteiger charge is -2.14. The SMILES string of the molecule is COCCCOc1ccc(C(F)(F)F)c(/C(N)=N/O)c1. The Bertz CT molecular complexity index is 476. The second-order valence-electron chi connectivity index (χ2n) is 3.89. The summed E-state index contributed by atoms with van der Waals surface area (Å²) in [5.74, 6) is -0.421. The highest BCUT2D eigenvalue weighted by Crippen LogP contribution is 2.33. The summed E-state index contributed by atoms with van der Waals surface area (Å²) in [6.45, 7) is 0.766. The van der Waals surface area contributed by atoms with Crippen LogP contribution in [0, 0.1) is 0 Å². The van der Waals surface area contributed by atoms with E-state index in [1.165, 1.54) is 13.2 Å². The molecule has 3 N–H and O–H groups in total. The first-order chi connectivity index (χ1) is 9.40. The zero-order valence-corrected chi connectivity index (χ0v) is 10.8. The molecule has 0 aliphatic rings. The molecule has 1 rings (SSSR count). The van der Waals surface area contributed by atoms with Crippen LogP contribution in [-0.2, 0) is 10.9 Å². The zero-order valence-electron chi connectivity index (χ0n) is 10.8. The van der Waals surface area contributed by atoms with Crippen molar-refractivity contribution in [3.8, 4) is 5.75 Å². The van der Waals surface area contributed by atoms with E-state index in [1.54, 1.807) is 0 Å². The van der Waals surface area contributed by atoms with E-state index < -0.39 is 23.1 Å². The Kier molecular flexibility index (Phi) is 5.63. The first-order valence-electron chi connectivity index (χ1n) is 5.71. The third-order valence-corrected chi connectivity index (χ3v) is 2.44. The van der Waals surface area contributed by atoms with Gasteiger partial charge in [0.1, 0.15) is 5.75 Å². The average molecular weight is 292 g/mol. The highest BCUT2D eigenvalue weighted by atomic mass is 19.4. The predicted octanol–water partition coefficient (Wildman–Crippen LogP) is 2.22. The van der Waals surface area contributed by atoms with Crippen LogP contribution in [0.3, 0.4) is 0 Å². The van der Waals surface area contributed by atoms with Gasteiger partial charge in [-0.25, -0.2) is 0 Å². The maximum absolute atomic E-state index is 12.8. The minimum atomic E-state index is -4.60. The van der Waals surface area contributed by atoms with Crippen LogP contribution in [0.15, 0.2) is 23.4 Å². The summed E-state index contributed by atoms with van der Waals surface area (Å²) >= 11 is 0. The fraction of sp³-hybridized carbons (Fsp3) is 0.417.